The summed E-state index contributed by atoms with van der Waals surface area (Å²) in [5, 5.41) is 0.471. The number of anilines is 1. The van der Waals surface area contributed by atoms with Crippen LogP contribution in [0.1, 0.15) is 13.3 Å². The summed E-state index contributed by atoms with van der Waals surface area (Å²) in [7, 11) is 0. The molecule has 7 heteroatoms. The normalized spacial score (nSPS) is 16.9. The van der Waals surface area contributed by atoms with Crippen molar-refractivity contribution >= 4 is 40.3 Å². The Hall–Kier alpha value is -2.86. The van der Waals surface area contributed by atoms with E-state index in [-0.39, 0.29) is 24.8 Å². The number of nitrogens with zero attached hydrogens (tertiary/aromatic N) is 2. The van der Waals surface area contributed by atoms with Gasteiger partial charge in [-0.1, -0.05) is 23.7 Å². The molecule has 0 saturated carbocycles. The molecule has 3 aromatic rings. The van der Waals surface area contributed by atoms with Crippen molar-refractivity contribution in [2.75, 3.05) is 18.1 Å². The molecule has 6 nitrogen and oxygen atoms in total. The number of fused-ring (bicyclic) bond motifs is 1. The van der Waals surface area contributed by atoms with Crippen LogP contribution in [0, 0.1) is 5.92 Å². The summed E-state index contributed by atoms with van der Waals surface area (Å²) in [6, 6.07) is 12.6. The molecule has 1 saturated heterocycles. The Labute approximate surface area is 160 Å². The zero-order chi connectivity index (χ0) is 19.0. The highest BCUT2D eigenvalue weighted by Crippen LogP contribution is 2.35. The van der Waals surface area contributed by atoms with Gasteiger partial charge in [-0.05, 0) is 37.3 Å². The Kier molecular flexibility index (Phi) is 4.58. The molecule has 1 aliphatic rings. The molecular formula is C20H17ClN2O4. The third kappa shape index (κ3) is 3.28. The minimum Gasteiger partial charge on any atom is -0.466 e. The molecule has 0 spiro atoms. The standard InChI is InChI=1S/C20H17ClN2O4/c1-2-26-20(25)12-9-18(24)23(11-12)13-7-8-15(21)14(10-13)19-22-16-5-3-4-6-17(16)27-19/h3-8,10,12H,2,9,11H2,1H3/t12-/m1/s1. The zero-order valence-corrected chi connectivity index (χ0v) is 15.4. The first-order valence-electron chi connectivity index (χ1n) is 8.69. The molecule has 2 heterocycles. The number of hydrogen-bond donors (Lipinski definition) is 0. The zero-order valence-electron chi connectivity index (χ0n) is 14.6. The lowest BCUT2D eigenvalue weighted by atomic mass is 10.1. The van der Waals surface area contributed by atoms with Crippen LogP contribution in [0.15, 0.2) is 46.9 Å². The highest BCUT2D eigenvalue weighted by atomic mass is 35.5. The van der Waals surface area contributed by atoms with Crippen molar-refractivity contribution in [3.05, 3.63) is 47.5 Å². The number of esters is 1. The third-order valence-electron chi connectivity index (χ3n) is 4.53. The molecule has 1 fully saturated rings. The van der Waals surface area contributed by atoms with E-state index in [1.807, 2.05) is 24.3 Å². The fourth-order valence-corrected chi connectivity index (χ4v) is 3.41. The molecule has 1 atom stereocenters. The number of hydrogen-bond acceptors (Lipinski definition) is 5. The number of amides is 1. The van der Waals surface area contributed by atoms with Crippen molar-refractivity contribution in [1.82, 2.24) is 4.98 Å². The number of ether oxygens (including phenoxy) is 1. The van der Waals surface area contributed by atoms with Crippen LogP contribution in [-0.4, -0.2) is 30.0 Å². The molecule has 0 N–H and O–H groups in total. The fraction of sp³-hybridized carbons (Fsp3) is 0.250. The molecule has 1 aromatic heterocycles. The van der Waals surface area contributed by atoms with Gasteiger partial charge in [-0.25, -0.2) is 4.98 Å². The molecule has 2 aromatic carbocycles. The Morgan fingerprint density at radius 1 is 1.33 bits per heavy atom. The molecule has 0 bridgehead atoms. The van der Waals surface area contributed by atoms with Gasteiger partial charge in [-0.15, -0.1) is 0 Å². The van der Waals surface area contributed by atoms with Crippen molar-refractivity contribution in [3.63, 3.8) is 0 Å². The van der Waals surface area contributed by atoms with Gasteiger partial charge in [-0.2, -0.15) is 0 Å². The van der Waals surface area contributed by atoms with E-state index in [0.29, 0.717) is 34.4 Å². The number of carbonyl (C=O) groups excluding carboxylic acids is 2. The van der Waals surface area contributed by atoms with E-state index in [1.165, 1.54) is 0 Å². The molecule has 27 heavy (non-hydrogen) atoms. The van der Waals surface area contributed by atoms with Gasteiger partial charge in [0.25, 0.3) is 0 Å². The van der Waals surface area contributed by atoms with Crippen LogP contribution in [0.3, 0.4) is 0 Å². The average Bonchev–Trinajstić information content (AvgIpc) is 3.26. The Balaban J connectivity index is 1.66. The average molecular weight is 385 g/mol. The third-order valence-corrected chi connectivity index (χ3v) is 4.86. The van der Waals surface area contributed by atoms with Crippen LogP contribution in [0.25, 0.3) is 22.6 Å². The van der Waals surface area contributed by atoms with E-state index >= 15 is 0 Å². The van der Waals surface area contributed by atoms with Crippen LogP contribution < -0.4 is 4.90 Å². The maximum absolute atomic E-state index is 12.4. The van der Waals surface area contributed by atoms with E-state index in [2.05, 4.69) is 4.98 Å². The van der Waals surface area contributed by atoms with Crippen molar-refractivity contribution < 1.29 is 18.7 Å². The lowest BCUT2D eigenvalue weighted by Crippen LogP contribution is -2.26. The van der Waals surface area contributed by atoms with Gasteiger partial charge in [0.2, 0.25) is 11.8 Å². The topological polar surface area (TPSA) is 72.6 Å². The maximum atomic E-state index is 12.4. The van der Waals surface area contributed by atoms with Crippen molar-refractivity contribution in [3.8, 4) is 11.5 Å². The fourth-order valence-electron chi connectivity index (χ4n) is 3.21. The summed E-state index contributed by atoms with van der Waals surface area (Å²) < 4.78 is 10.8. The first-order chi connectivity index (χ1) is 13.1. The Morgan fingerprint density at radius 2 is 2.15 bits per heavy atom. The summed E-state index contributed by atoms with van der Waals surface area (Å²) in [5.74, 6) is -0.544. The first kappa shape index (κ1) is 17.5. The second-order valence-corrected chi connectivity index (χ2v) is 6.72. The highest BCUT2D eigenvalue weighted by molar-refractivity contribution is 6.33. The van der Waals surface area contributed by atoms with Gasteiger partial charge in [-0.3, -0.25) is 9.59 Å². The second-order valence-electron chi connectivity index (χ2n) is 6.31. The van der Waals surface area contributed by atoms with Crippen LogP contribution in [-0.2, 0) is 14.3 Å². The monoisotopic (exact) mass is 384 g/mol. The number of oxazole rings is 1. The van der Waals surface area contributed by atoms with E-state index in [0.717, 1.165) is 5.52 Å². The first-order valence-corrected chi connectivity index (χ1v) is 9.07. The Morgan fingerprint density at radius 3 is 2.93 bits per heavy atom. The summed E-state index contributed by atoms with van der Waals surface area (Å²) >= 11 is 6.34. The number of benzene rings is 2. The maximum Gasteiger partial charge on any atom is 0.311 e. The van der Waals surface area contributed by atoms with Gasteiger partial charge in [0.05, 0.1) is 23.1 Å². The second kappa shape index (κ2) is 7.04. The number of carbonyl (C=O) groups is 2. The number of para-hydroxylation sites is 2. The molecule has 1 aliphatic heterocycles. The van der Waals surface area contributed by atoms with E-state index < -0.39 is 5.92 Å². The van der Waals surface area contributed by atoms with Gasteiger partial charge in [0.15, 0.2) is 5.58 Å². The summed E-state index contributed by atoms with van der Waals surface area (Å²) in [6.07, 6.45) is 0.139. The predicted molar refractivity (Wildman–Crippen MR) is 102 cm³/mol. The Bertz CT molecular complexity index is 997. The number of aromatic nitrogens is 1. The van der Waals surface area contributed by atoms with E-state index in [4.69, 9.17) is 20.8 Å². The summed E-state index contributed by atoms with van der Waals surface area (Å²) in [6.45, 7) is 2.33. The van der Waals surface area contributed by atoms with E-state index in [9.17, 15) is 9.59 Å². The van der Waals surface area contributed by atoms with Crippen LogP contribution in [0.2, 0.25) is 5.02 Å². The molecule has 0 aliphatic carbocycles. The molecule has 0 radical (unpaired) electrons. The van der Waals surface area contributed by atoms with Gasteiger partial charge >= 0.3 is 5.97 Å². The van der Waals surface area contributed by atoms with Crippen LogP contribution in [0.5, 0.6) is 0 Å². The summed E-state index contributed by atoms with van der Waals surface area (Å²) in [5.41, 5.74) is 2.63. The van der Waals surface area contributed by atoms with Gasteiger partial charge in [0, 0.05) is 18.7 Å². The molecular weight excluding hydrogens is 368 g/mol. The number of halogens is 1. The predicted octanol–water partition coefficient (Wildman–Crippen LogP) is 4.06. The molecule has 0 unspecified atom stereocenters. The van der Waals surface area contributed by atoms with E-state index in [1.54, 1.807) is 30.0 Å². The van der Waals surface area contributed by atoms with Gasteiger partial charge in [0.1, 0.15) is 5.52 Å². The van der Waals surface area contributed by atoms with Crippen LogP contribution >= 0.6 is 11.6 Å². The lowest BCUT2D eigenvalue weighted by Gasteiger charge is -2.17. The lowest BCUT2D eigenvalue weighted by molar-refractivity contribution is -0.147. The van der Waals surface area contributed by atoms with Crippen molar-refractivity contribution in [2.45, 2.75) is 13.3 Å². The number of rotatable bonds is 4. The smallest absolute Gasteiger partial charge is 0.311 e. The highest BCUT2D eigenvalue weighted by Gasteiger charge is 2.36. The van der Waals surface area contributed by atoms with Crippen molar-refractivity contribution in [1.29, 1.82) is 0 Å². The SMILES string of the molecule is CCOC(=O)[C@@H]1CC(=O)N(c2ccc(Cl)c(-c3nc4ccccc4o3)c2)C1. The van der Waals surface area contributed by atoms with Crippen LogP contribution in [0.4, 0.5) is 5.69 Å². The largest absolute Gasteiger partial charge is 0.466 e. The van der Waals surface area contributed by atoms with Crippen molar-refractivity contribution in [2.24, 2.45) is 5.92 Å². The molecule has 138 valence electrons. The quantitative estimate of drug-likeness (QED) is 0.634. The molecule has 1 amide bonds. The minimum atomic E-state index is -0.457. The summed E-state index contributed by atoms with van der Waals surface area (Å²) in [4.78, 5) is 30.4. The minimum absolute atomic E-state index is 0.126. The molecule has 4 rings (SSSR count). The van der Waals surface area contributed by atoms with Gasteiger partial charge < -0.3 is 14.1 Å².